The minimum absolute atomic E-state index is 0.0881. The molecule has 0 radical (unpaired) electrons. The van der Waals surface area contributed by atoms with Gasteiger partial charge in [-0.1, -0.05) is 12.1 Å². The number of carboxylic acids is 1. The molecule has 1 aliphatic heterocycles. The van der Waals surface area contributed by atoms with E-state index in [0.29, 0.717) is 17.9 Å². The van der Waals surface area contributed by atoms with Gasteiger partial charge >= 0.3 is 5.97 Å². The van der Waals surface area contributed by atoms with Gasteiger partial charge in [0.05, 0.1) is 7.11 Å². The zero-order valence-electron chi connectivity index (χ0n) is 11.7. The zero-order chi connectivity index (χ0) is 14.4. The molecule has 1 aromatic carbocycles. The molecular formula is C15H21NO4. The van der Waals surface area contributed by atoms with Crippen LogP contribution in [0.3, 0.4) is 0 Å². The number of carboxylic acid groups (broad SMARTS) is 1. The van der Waals surface area contributed by atoms with Crippen LogP contribution in [0.4, 0.5) is 0 Å². The molecule has 0 saturated carbocycles. The molecule has 1 saturated heterocycles. The molecule has 1 fully saturated rings. The number of ether oxygens (including phenoxy) is 2. The molecule has 1 atom stereocenters. The number of para-hydroxylation sites is 1. The lowest BCUT2D eigenvalue weighted by Crippen LogP contribution is -2.37. The first-order chi connectivity index (χ1) is 9.70. The average Bonchev–Trinajstić information content (AvgIpc) is 2.46. The molecule has 1 aromatic rings. The Hall–Kier alpha value is -1.75. The standard InChI is InChI=1S/C15H21NO4/c1-19-15-11(7-8-14(17)18)4-2-6-13(15)20-12-5-3-9-16-10-12/h2,4,6,12,16H,3,5,7-10H2,1H3,(H,17,18). The normalized spacial score (nSPS) is 18.6. The number of nitrogens with one attached hydrogen (secondary N) is 1. The molecule has 0 aromatic heterocycles. The van der Waals surface area contributed by atoms with Crippen molar-refractivity contribution in [2.45, 2.75) is 31.8 Å². The Morgan fingerprint density at radius 2 is 2.35 bits per heavy atom. The van der Waals surface area contributed by atoms with Gasteiger partial charge in [-0.25, -0.2) is 0 Å². The van der Waals surface area contributed by atoms with Crippen LogP contribution in [0.1, 0.15) is 24.8 Å². The lowest BCUT2D eigenvalue weighted by molar-refractivity contribution is -0.136. The number of piperidine rings is 1. The van der Waals surface area contributed by atoms with Crippen LogP contribution >= 0.6 is 0 Å². The van der Waals surface area contributed by atoms with Crippen LogP contribution in [0.2, 0.25) is 0 Å². The van der Waals surface area contributed by atoms with E-state index in [-0.39, 0.29) is 12.5 Å². The van der Waals surface area contributed by atoms with Crippen LogP contribution < -0.4 is 14.8 Å². The summed E-state index contributed by atoms with van der Waals surface area (Å²) in [6.07, 6.45) is 2.80. The van der Waals surface area contributed by atoms with Crippen molar-refractivity contribution in [3.63, 3.8) is 0 Å². The Bertz CT molecular complexity index is 455. The van der Waals surface area contributed by atoms with Gasteiger partial charge in [0.2, 0.25) is 0 Å². The summed E-state index contributed by atoms with van der Waals surface area (Å²) >= 11 is 0. The number of hydrogen-bond acceptors (Lipinski definition) is 4. The van der Waals surface area contributed by atoms with E-state index >= 15 is 0 Å². The van der Waals surface area contributed by atoms with Crippen molar-refractivity contribution >= 4 is 5.97 Å². The molecule has 1 unspecified atom stereocenters. The van der Waals surface area contributed by atoms with Gasteiger partial charge in [0.15, 0.2) is 11.5 Å². The molecule has 20 heavy (non-hydrogen) atoms. The van der Waals surface area contributed by atoms with Crippen molar-refractivity contribution in [3.05, 3.63) is 23.8 Å². The first-order valence-corrected chi connectivity index (χ1v) is 6.95. The number of methoxy groups -OCH3 is 1. The van der Waals surface area contributed by atoms with E-state index in [0.717, 1.165) is 31.5 Å². The highest BCUT2D eigenvalue weighted by Crippen LogP contribution is 2.33. The summed E-state index contributed by atoms with van der Waals surface area (Å²) in [5.74, 6) is 0.540. The summed E-state index contributed by atoms with van der Waals surface area (Å²) < 4.78 is 11.4. The SMILES string of the molecule is COc1c(CCC(=O)O)cccc1OC1CCCNC1. The molecule has 0 spiro atoms. The molecule has 2 rings (SSSR count). The van der Waals surface area contributed by atoms with E-state index in [1.807, 2.05) is 18.2 Å². The van der Waals surface area contributed by atoms with Crippen molar-refractivity contribution in [2.24, 2.45) is 0 Å². The molecule has 0 amide bonds. The first-order valence-electron chi connectivity index (χ1n) is 6.95. The van der Waals surface area contributed by atoms with Crippen LogP contribution in [-0.2, 0) is 11.2 Å². The second-order valence-corrected chi connectivity index (χ2v) is 4.93. The highest BCUT2D eigenvalue weighted by Gasteiger charge is 2.18. The van der Waals surface area contributed by atoms with Gasteiger partial charge in [0.1, 0.15) is 6.10 Å². The third kappa shape index (κ3) is 3.87. The topological polar surface area (TPSA) is 67.8 Å². The molecular weight excluding hydrogens is 258 g/mol. The van der Waals surface area contributed by atoms with Crippen LogP contribution in [0.15, 0.2) is 18.2 Å². The summed E-state index contributed by atoms with van der Waals surface area (Å²) in [5, 5.41) is 12.1. The van der Waals surface area contributed by atoms with Crippen LogP contribution in [0, 0.1) is 0 Å². The van der Waals surface area contributed by atoms with Crippen molar-refractivity contribution in [1.29, 1.82) is 0 Å². The van der Waals surface area contributed by atoms with Gasteiger partial charge in [-0.3, -0.25) is 4.79 Å². The van der Waals surface area contributed by atoms with Crippen molar-refractivity contribution in [1.82, 2.24) is 5.32 Å². The van der Waals surface area contributed by atoms with Crippen molar-refractivity contribution < 1.29 is 19.4 Å². The number of benzene rings is 1. The quantitative estimate of drug-likeness (QED) is 0.831. The fourth-order valence-corrected chi connectivity index (χ4v) is 2.42. The van der Waals surface area contributed by atoms with Crippen molar-refractivity contribution in [2.75, 3.05) is 20.2 Å². The predicted molar refractivity (Wildman–Crippen MR) is 75.5 cm³/mol. The Balaban J connectivity index is 2.10. The minimum atomic E-state index is -0.810. The molecule has 1 aliphatic rings. The maximum atomic E-state index is 10.7. The summed E-state index contributed by atoms with van der Waals surface area (Å²) in [7, 11) is 1.59. The van der Waals surface area contributed by atoms with Crippen LogP contribution in [-0.4, -0.2) is 37.4 Å². The van der Waals surface area contributed by atoms with Gasteiger partial charge in [-0.2, -0.15) is 0 Å². The van der Waals surface area contributed by atoms with E-state index in [1.165, 1.54) is 0 Å². The maximum Gasteiger partial charge on any atom is 0.303 e. The maximum absolute atomic E-state index is 10.7. The molecule has 2 N–H and O–H groups in total. The molecule has 0 aliphatic carbocycles. The van der Waals surface area contributed by atoms with E-state index in [2.05, 4.69) is 5.32 Å². The number of aryl methyl sites for hydroxylation is 1. The molecule has 5 heteroatoms. The second kappa shape index (κ2) is 7.14. The summed E-state index contributed by atoms with van der Waals surface area (Å²) in [5.41, 5.74) is 0.871. The summed E-state index contributed by atoms with van der Waals surface area (Å²) in [6.45, 7) is 1.87. The summed E-state index contributed by atoms with van der Waals surface area (Å²) in [6, 6.07) is 5.64. The zero-order valence-corrected chi connectivity index (χ0v) is 11.7. The third-order valence-corrected chi connectivity index (χ3v) is 3.42. The third-order valence-electron chi connectivity index (χ3n) is 3.42. The number of rotatable bonds is 6. The molecule has 0 bridgehead atoms. The van der Waals surface area contributed by atoms with E-state index in [1.54, 1.807) is 7.11 Å². The fraction of sp³-hybridized carbons (Fsp3) is 0.533. The largest absolute Gasteiger partial charge is 0.493 e. The van der Waals surface area contributed by atoms with Gasteiger partial charge in [-0.05, 0) is 37.4 Å². The van der Waals surface area contributed by atoms with E-state index < -0.39 is 5.97 Å². The predicted octanol–water partition coefficient (Wildman–Crippen LogP) is 1.84. The number of aliphatic carboxylic acids is 1. The lowest BCUT2D eigenvalue weighted by atomic mass is 10.1. The Kier molecular flexibility index (Phi) is 5.24. The molecule has 1 heterocycles. The Morgan fingerprint density at radius 3 is 3.00 bits per heavy atom. The monoisotopic (exact) mass is 279 g/mol. The van der Waals surface area contributed by atoms with Gasteiger partial charge in [0, 0.05) is 13.0 Å². The Labute approximate surface area is 118 Å². The van der Waals surface area contributed by atoms with Crippen molar-refractivity contribution in [3.8, 4) is 11.5 Å². The smallest absolute Gasteiger partial charge is 0.303 e. The van der Waals surface area contributed by atoms with E-state index in [9.17, 15) is 4.79 Å². The van der Waals surface area contributed by atoms with Crippen LogP contribution in [0.5, 0.6) is 11.5 Å². The van der Waals surface area contributed by atoms with Crippen LogP contribution in [0.25, 0.3) is 0 Å². The Morgan fingerprint density at radius 1 is 1.50 bits per heavy atom. The average molecular weight is 279 g/mol. The second-order valence-electron chi connectivity index (χ2n) is 4.93. The highest BCUT2D eigenvalue weighted by atomic mass is 16.5. The lowest BCUT2D eigenvalue weighted by Gasteiger charge is -2.25. The first kappa shape index (κ1) is 14.7. The van der Waals surface area contributed by atoms with Gasteiger partial charge in [0.25, 0.3) is 0 Å². The molecule has 110 valence electrons. The van der Waals surface area contributed by atoms with Gasteiger partial charge < -0.3 is 19.9 Å². The molecule has 5 nitrogen and oxygen atoms in total. The highest BCUT2D eigenvalue weighted by molar-refractivity contribution is 5.67. The minimum Gasteiger partial charge on any atom is -0.493 e. The van der Waals surface area contributed by atoms with E-state index in [4.69, 9.17) is 14.6 Å². The number of carbonyl (C=O) groups is 1. The number of hydrogen-bond donors (Lipinski definition) is 2. The van der Waals surface area contributed by atoms with Gasteiger partial charge in [-0.15, -0.1) is 0 Å². The summed E-state index contributed by atoms with van der Waals surface area (Å²) in [4.78, 5) is 10.7. The fourth-order valence-electron chi connectivity index (χ4n) is 2.42.